The van der Waals surface area contributed by atoms with Crippen LogP contribution in [0.15, 0.2) is 30.5 Å². The average molecular weight is 299 g/mol. The van der Waals surface area contributed by atoms with E-state index in [2.05, 4.69) is 66.1 Å². The van der Waals surface area contributed by atoms with Gasteiger partial charge in [-0.2, -0.15) is 0 Å². The van der Waals surface area contributed by atoms with Gasteiger partial charge in [0.15, 0.2) is 0 Å². The average Bonchev–Trinajstić information content (AvgIpc) is 2.98. The maximum absolute atomic E-state index is 4.67. The Labute approximate surface area is 129 Å². The molecule has 2 aromatic heterocycles. The van der Waals surface area contributed by atoms with Gasteiger partial charge in [-0.15, -0.1) is 11.3 Å². The van der Waals surface area contributed by atoms with Crippen LogP contribution in [-0.2, 0) is 13.1 Å². The maximum atomic E-state index is 4.67. The standard InChI is InChI=1S/C17H21N3S/c1-4-18-9-14-10-20(16-8-6-5-7-15(14)16)11-17-19-12(2)13(3)21-17/h5-8,10,18H,4,9,11H2,1-3H3. The fourth-order valence-corrected chi connectivity index (χ4v) is 3.54. The van der Waals surface area contributed by atoms with Gasteiger partial charge in [-0.05, 0) is 32.0 Å². The Morgan fingerprint density at radius 3 is 2.76 bits per heavy atom. The van der Waals surface area contributed by atoms with E-state index in [0.29, 0.717) is 0 Å². The first kappa shape index (κ1) is 14.3. The van der Waals surface area contributed by atoms with Crippen LogP contribution in [0.2, 0.25) is 0 Å². The number of nitrogens with zero attached hydrogens (tertiary/aromatic N) is 2. The molecule has 3 rings (SSSR count). The van der Waals surface area contributed by atoms with Crippen molar-refractivity contribution in [3.63, 3.8) is 0 Å². The lowest BCUT2D eigenvalue weighted by Gasteiger charge is -2.01. The van der Waals surface area contributed by atoms with Crippen molar-refractivity contribution in [3.8, 4) is 0 Å². The van der Waals surface area contributed by atoms with Gasteiger partial charge in [-0.1, -0.05) is 25.1 Å². The highest BCUT2D eigenvalue weighted by Gasteiger charge is 2.10. The van der Waals surface area contributed by atoms with E-state index in [9.17, 15) is 0 Å². The lowest BCUT2D eigenvalue weighted by Crippen LogP contribution is -2.11. The van der Waals surface area contributed by atoms with E-state index < -0.39 is 0 Å². The van der Waals surface area contributed by atoms with Gasteiger partial charge >= 0.3 is 0 Å². The molecule has 0 bridgehead atoms. The molecule has 2 heterocycles. The van der Waals surface area contributed by atoms with E-state index in [4.69, 9.17) is 0 Å². The smallest absolute Gasteiger partial charge is 0.113 e. The van der Waals surface area contributed by atoms with Gasteiger partial charge < -0.3 is 9.88 Å². The summed E-state index contributed by atoms with van der Waals surface area (Å²) >= 11 is 1.80. The number of aromatic nitrogens is 2. The zero-order chi connectivity index (χ0) is 14.8. The molecule has 4 heteroatoms. The van der Waals surface area contributed by atoms with Crippen LogP contribution < -0.4 is 5.32 Å². The summed E-state index contributed by atoms with van der Waals surface area (Å²) in [6, 6.07) is 8.61. The minimum Gasteiger partial charge on any atom is -0.340 e. The molecule has 0 unspecified atom stereocenters. The summed E-state index contributed by atoms with van der Waals surface area (Å²) in [6.07, 6.45) is 2.26. The molecule has 1 N–H and O–H groups in total. The Bertz CT molecular complexity index is 735. The lowest BCUT2D eigenvalue weighted by atomic mass is 10.2. The van der Waals surface area contributed by atoms with Gasteiger partial charge in [0.1, 0.15) is 5.01 Å². The highest BCUT2D eigenvalue weighted by molar-refractivity contribution is 7.11. The molecule has 3 aromatic rings. The Morgan fingerprint density at radius 1 is 1.24 bits per heavy atom. The summed E-state index contributed by atoms with van der Waals surface area (Å²) in [5.74, 6) is 0. The first-order valence-corrected chi connectivity index (χ1v) is 8.21. The molecule has 0 radical (unpaired) electrons. The van der Waals surface area contributed by atoms with E-state index in [0.717, 1.165) is 25.3 Å². The molecule has 0 fully saturated rings. The Balaban J connectivity index is 1.97. The number of benzene rings is 1. The van der Waals surface area contributed by atoms with Crippen molar-refractivity contribution in [1.29, 1.82) is 0 Å². The first-order valence-electron chi connectivity index (χ1n) is 7.39. The molecular weight excluding hydrogens is 278 g/mol. The lowest BCUT2D eigenvalue weighted by molar-refractivity contribution is 0.724. The van der Waals surface area contributed by atoms with Crippen molar-refractivity contribution in [2.24, 2.45) is 0 Å². The molecule has 21 heavy (non-hydrogen) atoms. The molecule has 0 saturated carbocycles. The zero-order valence-electron chi connectivity index (χ0n) is 12.8. The molecule has 0 spiro atoms. The molecule has 110 valence electrons. The van der Waals surface area contributed by atoms with Gasteiger partial charge in [0.25, 0.3) is 0 Å². The first-order chi connectivity index (χ1) is 10.2. The van der Waals surface area contributed by atoms with Gasteiger partial charge in [-0.25, -0.2) is 4.98 Å². The second-order valence-corrected chi connectivity index (χ2v) is 6.62. The highest BCUT2D eigenvalue weighted by atomic mass is 32.1. The van der Waals surface area contributed by atoms with Crippen LogP contribution in [0, 0.1) is 13.8 Å². The Morgan fingerprint density at radius 2 is 2.05 bits per heavy atom. The number of aryl methyl sites for hydroxylation is 2. The SMILES string of the molecule is CCNCc1cn(Cc2nc(C)c(C)s2)c2ccccc12. The van der Waals surface area contributed by atoms with Crippen LogP contribution in [0.4, 0.5) is 0 Å². The number of hydrogen-bond acceptors (Lipinski definition) is 3. The number of rotatable bonds is 5. The van der Waals surface area contributed by atoms with E-state index in [1.165, 1.54) is 26.4 Å². The topological polar surface area (TPSA) is 29.9 Å². The number of nitrogens with one attached hydrogen (secondary N) is 1. The van der Waals surface area contributed by atoms with E-state index in [1.807, 2.05) is 0 Å². The van der Waals surface area contributed by atoms with E-state index in [1.54, 1.807) is 11.3 Å². The van der Waals surface area contributed by atoms with Gasteiger partial charge in [0.05, 0.1) is 12.2 Å². The summed E-state index contributed by atoms with van der Waals surface area (Å²) < 4.78 is 2.32. The van der Waals surface area contributed by atoms with Crippen molar-refractivity contribution >= 4 is 22.2 Å². The van der Waals surface area contributed by atoms with Crippen LogP contribution in [0.3, 0.4) is 0 Å². The fourth-order valence-electron chi connectivity index (χ4n) is 2.61. The molecule has 0 saturated heterocycles. The second-order valence-electron chi connectivity index (χ2n) is 5.33. The third-order valence-corrected chi connectivity index (χ3v) is 4.87. The van der Waals surface area contributed by atoms with Crippen LogP contribution >= 0.6 is 11.3 Å². The predicted octanol–water partition coefficient (Wildman–Crippen LogP) is 3.87. The number of hydrogen-bond donors (Lipinski definition) is 1. The molecule has 0 aliphatic rings. The van der Waals surface area contributed by atoms with Crippen molar-refractivity contribution in [2.45, 2.75) is 33.9 Å². The van der Waals surface area contributed by atoms with Gasteiger partial charge in [0.2, 0.25) is 0 Å². The molecule has 0 aliphatic carbocycles. The summed E-state index contributed by atoms with van der Waals surface area (Å²) in [6.45, 7) is 9.12. The molecular formula is C17H21N3S. The molecule has 3 nitrogen and oxygen atoms in total. The maximum Gasteiger partial charge on any atom is 0.113 e. The highest BCUT2D eigenvalue weighted by Crippen LogP contribution is 2.24. The monoisotopic (exact) mass is 299 g/mol. The summed E-state index contributed by atoms with van der Waals surface area (Å²) in [4.78, 5) is 5.98. The van der Waals surface area contributed by atoms with Crippen LogP contribution in [-0.4, -0.2) is 16.1 Å². The van der Waals surface area contributed by atoms with Crippen LogP contribution in [0.1, 0.15) is 28.1 Å². The van der Waals surface area contributed by atoms with E-state index >= 15 is 0 Å². The van der Waals surface area contributed by atoms with Gasteiger partial charge in [0, 0.05) is 28.5 Å². The molecule has 1 aromatic carbocycles. The predicted molar refractivity (Wildman–Crippen MR) is 90.0 cm³/mol. The van der Waals surface area contributed by atoms with Crippen molar-refractivity contribution in [3.05, 3.63) is 51.6 Å². The second kappa shape index (κ2) is 6.00. The van der Waals surface area contributed by atoms with Crippen LogP contribution in [0.25, 0.3) is 10.9 Å². The molecule has 0 amide bonds. The number of fused-ring (bicyclic) bond motifs is 1. The number of thiazole rings is 1. The third kappa shape index (κ3) is 2.87. The number of para-hydroxylation sites is 1. The molecule has 0 aliphatic heterocycles. The summed E-state index contributed by atoms with van der Waals surface area (Å²) in [7, 11) is 0. The summed E-state index contributed by atoms with van der Waals surface area (Å²) in [5.41, 5.74) is 3.80. The minimum atomic E-state index is 0.853. The Hall–Kier alpha value is -1.65. The minimum absolute atomic E-state index is 0.853. The van der Waals surface area contributed by atoms with Gasteiger partial charge in [-0.3, -0.25) is 0 Å². The van der Waals surface area contributed by atoms with Crippen molar-refractivity contribution < 1.29 is 0 Å². The fraction of sp³-hybridized carbons (Fsp3) is 0.353. The third-order valence-electron chi connectivity index (χ3n) is 3.81. The van der Waals surface area contributed by atoms with E-state index in [-0.39, 0.29) is 0 Å². The van der Waals surface area contributed by atoms with Crippen molar-refractivity contribution in [1.82, 2.24) is 14.9 Å². The Kier molecular flexibility index (Phi) is 4.08. The normalized spacial score (nSPS) is 11.4. The quantitative estimate of drug-likeness (QED) is 0.775. The molecule has 0 atom stereocenters. The van der Waals surface area contributed by atoms with Crippen LogP contribution in [0.5, 0.6) is 0 Å². The summed E-state index contributed by atoms with van der Waals surface area (Å²) in [5, 5.41) is 5.94. The largest absolute Gasteiger partial charge is 0.340 e. The van der Waals surface area contributed by atoms with Crippen molar-refractivity contribution in [2.75, 3.05) is 6.54 Å². The zero-order valence-corrected chi connectivity index (χ0v) is 13.6.